The molecular formula is C14H15ClN2O4. The van der Waals surface area contributed by atoms with Gasteiger partial charge < -0.3 is 19.4 Å². The number of aromatic carboxylic acids is 1. The third kappa shape index (κ3) is 3.46. The Morgan fingerprint density at radius 2 is 2.14 bits per heavy atom. The zero-order chi connectivity index (χ0) is 15.6. The number of aromatic nitrogens is 1. The summed E-state index contributed by atoms with van der Waals surface area (Å²) in [7, 11) is 0. The van der Waals surface area contributed by atoms with E-state index in [9.17, 15) is 9.59 Å². The fourth-order valence-electron chi connectivity index (χ4n) is 1.90. The van der Waals surface area contributed by atoms with Gasteiger partial charge in [-0.15, -0.1) is 0 Å². The molecule has 0 aromatic carbocycles. The lowest BCUT2D eigenvalue weighted by molar-refractivity contribution is 0.0660. The van der Waals surface area contributed by atoms with E-state index in [1.807, 2.05) is 13.8 Å². The van der Waals surface area contributed by atoms with Gasteiger partial charge in [-0.2, -0.15) is 0 Å². The maximum atomic E-state index is 12.1. The molecule has 6 nitrogen and oxygen atoms in total. The summed E-state index contributed by atoms with van der Waals surface area (Å²) in [6.07, 6.45) is 1.69. The molecule has 112 valence electrons. The van der Waals surface area contributed by atoms with Gasteiger partial charge >= 0.3 is 5.97 Å². The number of rotatable bonds is 5. The van der Waals surface area contributed by atoms with Crippen LogP contribution in [0.3, 0.4) is 0 Å². The Bertz CT molecular complexity index is 672. The summed E-state index contributed by atoms with van der Waals surface area (Å²) >= 11 is 5.92. The molecule has 0 saturated carbocycles. The van der Waals surface area contributed by atoms with Crippen molar-refractivity contribution >= 4 is 23.5 Å². The fourth-order valence-corrected chi connectivity index (χ4v) is 2.11. The monoisotopic (exact) mass is 310 g/mol. The van der Waals surface area contributed by atoms with Gasteiger partial charge in [0, 0.05) is 12.2 Å². The summed E-state index contributed by atoms with van der Waals surface area (Å²) in [5.74, 6) is -1.24. The number of halogens is 1. The van der Waals surface area contributed by atoms with E-state index in [1.54, 1.807) is 16.8 Å². The molecule has 2 N–H and O–H groups in total. The maximum absolute atomic E-state index is 12.1. The van der Waals surface area contributed by atoms with Crippen molar-refractivity contribution in [3.05, 3.63) is 46.6 Å². The van der Waals surface area contributed by atoms with Crippen LogP contribution >= 0.6 is 11.6 Å². The molecule has 0 spiro atoms. The number of nitrogens with one attached hydrogen (secondary N) is 1. The van der Waals surface area contributed by atoms with Gasteiger partial charge in [0.1, 0.15) is 11.5 Å². The van der Waals surface area contributed by atoms with Crippen molar-refractivity contribution in [3.8, 4) is 0 Å². The second-order valence-corrected chi connectivity index (χ2v) is 5.23. The Kier molecular flexibility index (Phi) is 4.37. The highest BCUT2D eigenvalue weighted by Crippen LogP contribution is 2.19. The minimum absolute atomic E-state index is 0.0977. The first kappa shape index (κ1) is 15.2. The lowest BCUT2D eigenvalue weighted by atomic mass is 10.3. The number of furan rings is 1. The highest BCUT2D eigenvalue weighted by Gasteiger charge is 2.16. The molecule has 2 rings (SSSR count). The van der Waals surface area contributed by atoms with Crippen LogP contribution in [0, 0.1) is 0 Å². The Morgan fingerprint density at radius 1 is 1.43 bits per heavy atom. The molecule has 0 radical (unpaired) electrons. The molecule has 2 heterocycles. The highest BCUT2D eigenvalue weighted by molar-refractivity contribution is 6.31. The lowest BCUT2D eigenvalue weighted by Crippen LogP contribution is -2.25. The van der Waals surface area contributed by atoms with Crippen molar-refractivity contribution < 1.29 is 19.1 Å². The predicted octanol–water partition coefficient (Wildman–Crippen LogP) is 2.94. The van der Waals surface area contributed by atoms with Crippen LogP contribution in [0.4, 0.5) is 0 Å². The first-order chi connectivity index (χ1) is 9.88. The largest absolute Gasteiger partial charge is 0.475 e. The summed E-state index contributed by atoms with van der Waals surface area (Å²) in [6, 6.07) is 4.54. The zero-order valence-corrected chi connectivity index (χ0v) is 12.3. The second kappa shape index (κ2) is 6.05. The van der Waals surface area contributed by atoms with Crippen LogP contribution in [0.2, 0.25) is 5.02 Å². The molecule has 7 heteroatoms. The molecule has 0 aliphatic carbocycles. The molecule has 2 aromatic heterocycles. The molecule has 21 heavy (non-hydrogen) atoms. The number of amides is 1. The molecule has 0 bridgehead atoms. The fraction of sp³-hybridized carbons (Fsp3) is 0.286. The van der Waals surface area contributed by atoms with Gasteiger partial charge in [0.2, 0.25) is 5.76 Å². The van der Waals surface area contributed by atoms with Gasteiger partial charge in [0.15, 0.2) is 0 Å². The van der Waals surface area contributed by atoms with E-state index in [0.29, 0.717) is 16.5 Å². The van der Waals surface area contributed by atoms with Crippen LogP contribution in [0.25, 0.3) is 0 Å². The van der Waals surface area contributed by atoms with E-state index in [4.69, 9.17) is 21.1 Å². The zero-order valence-electron chi connectivity index (χ0n) is 11.6. The number of hydrogen-bond acceptors (Lipinski definition) is 3. The van der Waals surface area contributed by atoms with Crippen molar-refractivity contribution in [2.24, 2.45) is 0 Å². The Hall–Kier alpha value is -2.21. The van der Waals surface area contributed by atoms with Crippen molar-refractivity contribution in [1.29, 1.82) is 0 Å². The molecule has 2 aromatic rings. The summed E-state index contributed by atoms with van der Waals surface area (Å²) < 4.78 is 6.83. The number of carboxylic acid groups (broad SMARTS) is 1. The average molecular weight is 311 g/mol. The smallest absolute Gasteiger partial charge is 0.371 e. The minimum Gasteiger partial charge on any atom is -0.475 e. The number of carbonyl (C=O) groups excluding carboxylic acids is 1. The van der Waals surface area contributed by atoms with Gasteiger partial charge in [0.25, 0.3) is 5.91 Å². The van der Waals surface area contributed by atoms with Gasteiger partial charge in [-0.1, -0.05) is 11.6 Å². The maximum Gasteiger partial charge on any atom is 0.371 e. The normalized spacial score (nSPS) is 10.9. The van der Waals surface area contributed by atoms with Crippen LogP contribution in [-0.4, -0.2) is 21.6 Å². The quantitative estimate of drug-likeness (QED) is 0.889. The van der Waals surface area contributed by atoms with E-state index < -0.39 is 5.97 Å². The lowest BCUT2D eigenvalue weighted by Gasteiger charge is -2.12. The van der Waals surface area contributed by atoms with Crippen molar-refractivity contribution in [1.82, 2.24) is 9.88 Å². The third-order valence-corrected chi connectivity index (χ3v) is 3.11. The molecule has 1 amide bonds. The van der Waals surface area contributed by atoms with E-state index >= 15 is 0 Å². The SMILES string of the molecule is CC(C)n1cc(Cl)cc1C(=O)NCc1ccc(C(=O)O)o1. The highest BCUT2D eigenvalue weighted by atomic mass is 35.5. The topological polar surface area (TPSA) is 84.5 Å². The molecule has 0 aliphatic rings. The second-order valence-electron chi connectivity index (χ2n) is 4.80. The van der Waals surface area contributed by atoms with Gasteiger partial charge in [-0.05, 0) is 32.0 Å². The molecule has 0 saturated heterocycles. The number of carbonyl (C=O) groups is 2. The summed E-state index contributed by atoms with van der Waals surface area (Å²) in [5.41, 5.74) is 0.444. The van der Waals surface area contributed by atoms with Gasteiger partial charge in [-0.25, -0.2) is 4.79 Å². The average Bonchev–Trinajstić information content (AvgIpc) is 3.02. The third-order valence-electron chi connectivity index (χ3n) is 2.90. The van der Waals surface area contributed by atoms with Gasteiger partial charge in [-0.3, -0.25) is 4.79 Å². The standard InChI is InChI=1S/C14H15ClN2O4/c1-8(2)17-7-9(15)5-11(17)13(18)16-6-10-3-4-12(21-10)14(19)20/h3-5,7-8H,6H2,1-2H3,(H,16,18)(H,19,20). The van der Waals surface area contributed by atoms with Crippen molar-refractivity contribution in [3.63, 3.8) is 0 Å². The molecule has 0 fully saturated rings. The van der Waals surface area contributed by atoms with E-state index in [2.05, 4.69) is 5.32 Å². The Morgan fingerprint density at radius 3 is 2.71 bits per heavy atom. The van der Waals surface area contributed by atoms with Crippen LogP contribution in [0.1, 0.15) is 46.7 Å². The van der Waals surface area contributed by atoms with E-state index in [1.165, 1.54) is 12.1 Å². The van der Waals surface area contributed by atoms with E-state index in [0.717, 1.165) is 0 Å². The molecule has 0 aliphatic heterocycles. The van der Waals surface area contributed by atoms with Crippen molar-refractivity contribution in [2.75, 3.05) is 0 Å². The van der Waals surface area contributed by atoms with Crippen LogP contribution in [-0.2, 0) is 6.54 Å². The van der Waals surface area contributed by atoms with Crippen LogP contribution in [0.5, 0.6) is 0 Å². The van der Waals surface area contributed by atoms with E-state index in [-0.39, 0.29) is 24.3 Å². The molecular weight excluding hydrogens is 296 g/mol. The molecule has 0 atom stereocenters. The Balaban J connectivity index is 2.06. The molecule has 0 unspecified atom stereocenters. The van der Waals surface area contributed by atoms with Crippen LogP contribution in [0.15, 0.2) is 28.8 Å². The predicted molar refractivity (Wildman–Crippen MR) is 76.7 cm³/mol. The summed E-state index contributed by atoms with van der Waals surface area (Å²) in [4.78, 5) is 22.8. The minimum atomic E-state index is -1.15. The summed E-state index contributed by atoms with van der Waals surface area (Å²) in [5, 5.41) is 11.9. The number of hydrogen-bond donors (Lipinski definition) is 2. The number of nitrogens with zero attached hydrogens (tertiary/aromatic N) is 1. The first-order valence-corrected chi connectivity index (χ1v) is 6.74. The van der Waals surface area contributed by atoms with Crippen molar-refractivity contribution in [2.45, 2.75) is 26.4 Å². The van der Waals surface area contributed by atoms with Gasteiger partial charge in [0.05, 0.1) is 11.6 Å². The van der Waals surface area contributed by atoms with Crippen LogP contribution < -0.4 is 5.32 Å². The Labute approximate surface area is 126 Å². The first-order valence-electron chi connectivity index (χ1n) is 6.36. The number of carboxylic acids is 1. The summed E-state index contributed by atoms with van der Waals surface area (Å²) in [6.45, 7) is 3.99.